The molecular weight excluding hydrogens is 364 g/mol. The van der Waals surface area contributed by atoms with Crippen LogP contribution in [0.3, 0.4) is 0 Å². The van der Waals surface area contributed by atoms with E-state index in [1.54, 1.807) is 0 Å². The molecule has 152 valence electrons. The fourth-order valence-electron chi connectivity index (χ4n) is 6.35. The van der Waals surface area contributed by atoms with Crippen molar-refractivity contribution in [1.29, 1.82) is 0 Å². The van der Waals surface area contributed by atoms with Gasteiger partial charge in [0, 0.05) is 23.2 Å². The Kier molecular flexibility index (Phi) is 3.95. The van der Waals surface area contributed by atoms with Crippen molar-refractivity contribution in [2.45, 2.75) is 50.0 Å². The first-order valence-corrected chi connectivity index (χ1v) is 11.0. The molecule has 2 heterocycles. The molecule has 1 saturated carbocycles. The number of rotatable bonds is 2. The van der Waals surface area contributed by atoms with Gasteiger partial charge in [-0.3, -0.25) is 0 Å². The maximum atomic E-state index is 10.9. The highest BCUT2D eigenvalue weighted by Crippen LogP contribution is 2.55. The van der Waals surface area contributed by atoms with E-state index in [9.17, 15) is 5.11 Å². The van der Waals surface area contributed by atoms with Crippen molar-refractivity contribution in [2.24, 2.45) is 5.92 Å². The van der Waals surface area contributed by atoms with E-state index in [0.29, 0.717) is 30.9 Å². The van der Waals surface area contributed by atoms with Gasteiger partial charge in [-0.05, 0) is 73.5 Å². The zero-order valence-electron chi connectivity index (χ0n) is 16.7. The van der Waals surface area contributed by atoms with Gasteiger partial charge in [-0.2, -0.15) is 0 Å². The minimum Gasteiger partial charge on any atom is -0.506 e. The Morgan fingerprint density at radius 2 is 1.93 bits per heavy atom. The van der Waals surface area contributed by atoms with Crippen LogP contribution in [0.1, 0.15) is 43.2 Å². The number of nitrogens with one attached hydrogen (secondary N) is 2. The van der Waals surface area contributed by atoms with Crippen molar-refractivity contribution < 1.29 is 14.6 Å². The summed E-state index contributed by atoms with van der Waals surface area (Å²) in [5.74, 6) is 2.59. The Balaban J connectivity index is 1.36. The second-order valence-corrected chi connectivity index (χ2v) is 9.03. The second kappa shape index (κ2) is 6.56. The molecule has 2 bridgehead atoms. The van der Waals surface area contributed by atoms with Gasteiger partial charge in [0.1, 0.15) is 19.0 Å². The van der Waals surface area contributed by atoms with Gasteiger partial charge in [-0.1, -0.05) is 12.8 Å². The molecule has 0 amide bonds. The lowest BCUT2D eigenvalue weighted by Gasteiger charge is -2.56. The molecule has 5 heteroatoms. The van der Waals surface area contributed by atoms with Crippen LogP contribution in [0.2, 0.25) is 0 Å². The lowest BCUT2D eigenvalue weighted by Crippen LogP contribution is -2.59. The van der Waals surface area contributed by atoms with Gasteiger partial charge in [-0.25, -0.2) is 0 Å². The van der Waals surface area contributed by atoms with Gasteiger partial charge < -0.3 is 25.2 Å². The summed E-state index contributed by atoms with van der Waals surface area (Å²) < 4.78 is 11.3. The second-order valence-electron chi connectivity index (χ2n) is 9.03. The Morgan fingerprint density at radius 3 is 2.86 bits per heavy atom. The third kappa shape index (κ3) is 2.71. The number of hydrogen-bond acceptors (Lipinski definition) is 5. The summed E-state index contributed by atoms with van der Waals surface area (Å²) in [5.41, 5.74) is 4.72. The van der Waals surface area contributed by atoms with Crippen LogP contribution in [0.25, 0.3) is 0 Å². The zero-order valence-corrected chi connectivity index (χ0v) is 16.7. The Hall–Kier alpha value is -2.40. The summed E-state index contributed by atoms with van der Waals surface area (Å²) in [6.07, 6.45) is 7.47. The number of aromatic hydroxyl groups is 1. The molecule has 5 nitrogen and oxygen atoms in total. The lowest BCUT2D eigenvalue weighted by molar-refractivity contribution is 0.0796. The molecule has 3 N–H and O–H groups in total. The summed E-state index contributed by atoms with van der Waals surface area (Å²) in [7, 11) is 0. The minimum absolute atomic E-state index is 0.259. The van der Waals surface area contributed by atoms with Crippen LogP contribution < -0.4 is 20.1 Å². The van der Waals surface area contributed by atoms with Gasteiger partial charge >= 0.3 is 0 Å². The van der Waals surface area contributed by atoms with Crippen LogP contribution in [0.4, 0.5) is 11.4 Å². The van der Waals surface area contributed by atoms with E-state index in [2.05, 4.69) is 22.8 Å². The summed E-state index contributed by atoms with van der Waals surface area (Å²) >= 11 is 0. The number of phenolic OH excluding ortho intramolecular Hbond substituents is 1. The third-order valence-corrected chi connectivity index (χ3v) is 7.58. The van der Waals surface area contributed by atoms with Gasteiger partial charge in [0.15, 0.2) is 11.5 Å². The van der Waals surface area contributed by atoms with Crippen molar-refractivity contribution in [3.8, 4) is 17.2 Å². The van der Waals surface area contributed by atoms with Crippen LogP contribution in [0, 0.1) is 5.92 Å². The molecule has 1 saturated heterocycles. The lowest BCUT2D eigenvalue weighted by atomic mass is 9.53. The predicted molar refractivity (Wildman–Crippen MR) is 113 cm³/mol. The number of ether oxygens (including phenoxy) is 2. The molecule has 0 unspecified atom stereocenters. The summed E-state index contributed by atoms with van der Waals surface area (Å²) in [5, 5.41) is 18.1. The number of benzene rings is 2. The molecule has 3 atom stereocenters. The topological polar surface area (TPSA) is 62.8 Å². The van der Waals surface area contributed by atoms with E-state index in [1.165, 1.54) is 43.2 Å². The molecule has 0 radical (unpaired) electrons. The van der Waals surface area contributed by atoms with Crippen molar-refractivity contribution >= 4 is 11.4 Å². The summed E-state index contributed by atoms with van der Waals surface area (Å²) in [4.78, 5) is 0. The highest BCUT2D eigenvalue weighted by Gasteiger charge is 2.51. The van der Waals surface area contributed by atoms with E-state index in [-0.39, 0.29) is 5.41 Å². The Labute approximate surface area is 171 Å². The van der Waals surface area contributed by atoms with E-state index in [4.69, 9.17) is 9.47 Å². The molecule has 6 rings (SSSR count). The molecule has 29 heavy (non-hydrogen) atoms. The molecule has 2 aromatic carbocycles. The fourth-order valence-corrected chi connectivity index (χ4v) is 6.35. The molecule has 4 aliphatic rings. The van der Waals surface area contributed by atoms with E-state index in [1.807, 2.05) is 18.2 Å². The highest BCUT2D eigenvalue weighted by atomic mass is 16.6. The Morgan fingerprint density at radius 1 is 1.03 bits per heavy atom. The van der Waals surface area contributed by atoms with Crippen LogP contribution in [0.15, 0.2) is 30.3 Å². The molecule has 2 aliphatic carbocycles. The number of phenols is 1. The molecule has 0 aromatic heterocycles. The molecule has 0 spiro atoms. The fraction of sp³-hybridized carbons (Fsp3) is 0.500. The Bertz CT molecular complexity index is 955. The average Bonchev–Trinajstić information content (AvgIpc) is 2.75. The zero-order chi connectivity index (χ0) is 19.4. The van der Waals surface area contributed by atoms with E-state index < -0.39 is 0 Å². The number of anilines is 2. The van der Waals surface area contributed by atoms with Crippen molar-refractivity contribution in [1.82, 2.24) is 5.32 Å². The summed E-state index contributed by atoms with van der Waals surface area (Å²) in [6.45, 7) is 2.25. The number of piperidine rings is 1. The highest BCUT2D eigenvalue weighted by molar-refractivity contribution is 5.70. The maximum Gasteiger partial charge on any atom is 0.163 e. The monoisotopic (exact) mass is 392 g/mol. The van der Waals surface area contributed by atoms with Crippen molar-refractivity contribution in [3.63, 3.8) is 0 Å². The van der Waals surface area contributed by atoms with Gasteiger partial charge in [0.05, 0.1) is 5.69 Å². The smallest absolute Gasteiger partial charge is 0.163 e. The van der Waals surface area contributed by atoms with Gasteiger partial charge in [0.25, 0.3) is 0 Å². The largest absolute Gasteiger partial charge is 0.506 e. The molecular formula is C24H28N2O3. The van der Waals surface area contributed by atoms with E-state index >= 15 is 0 Å². The van der Waals surface area contributed by atoms with Gasteiger partial charge in [-0.15, -0.1) is 0 Å². The summed E-state index contributed by atoms with van der Waals surface area (Å²) in [6, 6.07) is 10.6. The van der Waals surface area contributed by atoms with Crippen LogP contribution in [-0.2, 0) is 11.8 Å². The minimum atomic E-state index is 0.259. The normalized spacial score (nSPS) is 29.5. The van der Waals surface area contributed by atoms with Gasteiger partial charge in [0.2, 0.25) is 0 Å². The third-order valence-electron chi connectivity index (χ3n) is 7.58. The van der Waals surface area contributed by atoms with Crippen LogP contribution in [-0.4, -0.2) is 30.9 Å². The predicted octanol–water partition coefficient (Wildman–Crippen LogP) is 4.25. The van der Waals surface area contributed by atoms with Crippen molar-refractivity contribution in [2.75, 3.05) is 25.1 Å². The quantitative estimate of drug-likeness (QED) is 0.667. The van der Waals surface area contributed by atoms with Crippen LogP contribution in [0.5, 0.6) is 17.2 Å². The van der Waals surface area contributed by atoms with E-state index in [0.717, 1.165) is 35.8 Å². The first-order valence-electron chi connectivity index (χ1n) is 11.0. The maximum absolute atomic E-state index is 10.9. The average molecular weight is 392 g/mol. The molecule has 2 aliphatic heterocycles. The molecule has 2 aromatic rings. The first-order chi connectivity index (χ1) is 14.2. The number of hydrogen-bond donors (Lipinski definition) is 3. The molecule has 2 fully saturated rings. The first kappa shape index (κ1) is 17.5. The van der Waals surface area contributed by atoms with Crippen molar-refractivity contribution in [3.05, 3.63) is 41.5 Å². The van der Waals surface area contributed by atoms with Crippen LogP contribution >= 0.6 is 0 Å². The number of fused-ring (bicyclic) bond motifs is 2. The SMILES string of the molecule is Oc1cc2c(cc1Nc1ccc3c(c1)OCCO3)C[C@@H]1NCC[C@]23CCCC[C@H]13. The standard InChI is InChI=1S/C24H28N2O3/c27-21-14-18-15(11-19-17-3-1-2-6-24(17,18)7-8-25-19)12-20(21)26-16-4-5-22-23(13-16)29-10-9-28-22/h4-5,12-14,17,19,25-27H,1-3,6-11H2/t17-,19+,24+/m1/s1.